The number of likely N-dealkylation sites (N-methyl/N-ethyl adjacent to an activating group) is 2. The molecule has 18 atom stereocenters. The topological polar surface area (TPSA) is 261 Å². The van der Waals surface area contributed by atoms with Crippen LogP contribution in [0.5, 0.6) is 0 Å². The quantitative estimate of drug-likeness (QED) is 0.170. The van der Waals surface area contributed by atoms with Crippen LogP contribution in [-0.4, -0.2) is 198 Å². The molecule has 71 heavy (non-hydrogen) atoms. The first kappa shape index (κ1) is 56.8. The highest BCUT2D eigenvalue weighted by Crippen LogP contribution is 2.40. The molecule has 21 nitrogen and oxygen atoms in total. The van der Waals surface area contributed by atoms with Crippen molar-refractivity contribution in [2.75, 3.05) is 40.8 Å². The number of nitrogens with zero attached hydrogens (tertiary/aromatic N) is 9. The van der Waals surface area contributed by atoms with Crippen LogP contribution in [0.15, 0.2) is 34.6 Å². The Morgan fingerprint density at radius 3 is 2.31 bits per heavy atom. The Kier molecular flexibility index (Phi) is 19.1. The third-order valence-electron chi connectivity index (χ3n) is 15.5. The number of ether oxygens (including phenoxy) is 6. The van der Waals surface area contributed by atoms with Gasteiger partial charge >= 0.3 is 5.97 Å². The maximum Gasteiger partial charge on any atom is 0.311 e. The molecule has 0 aliphatic carbocycles. The molecular formula is C50H83N9O12. The molecule has 0 amide bonds. The summed E-state index contributed by atoms with van der Waals surface area (Å²) in [6.07, 6.45) is -4.05. The molecule has 5 N–H and O–H groups in total. The number of aryl methyl sites for hydroxylation is 2. The lowest BCUT2D eigenvalue weighted by atomic mass is 9.77. The number of methoxy groups -OCH3 is 1. The summed E-state index contributed by atoms with van der Waals surface area (Å²) in [5, 5.41) is 85.1. The van der Waals surface area contributed by atoms with Crippen molar-refractivity contribution in [3.8, 4) is 0 Å². The minimum atomic E-state index is -1.84. The SMILES string of the molecule is CC[C@H]1OC(=O)[C@H](C)[C@@H](O[C@H]2C[C@@](C)(OC)[C@@H](O)[C@H](C)O2)[C@H](C)[C@@H](O[C@@H]2O[C@H](C)C[C@H](N(C)CCc3cn(CCc4ccc(C5=CCN=N5)nn4)nn3)[C@H]2O)[C@](C)(O)C[C@@H](C)CN(C)[C@H](C)[C@@H](O)[C@]1(C)O. The summed E-state index contributed by atoms with van der Waals surface area (Å²) in [5.41, 5.74) is -1.51. The number of carbonyl (C=O) groups excluding carboxylic acids is 1. The molecule has 3 saturated heterocycles. The first-order valence-electron chi connectivity index (χ1n) is 25.5. The van der Waals surface area contributed by atoms with E-state index in [2.05, 4.69) is 35.6 Å². The number of aromatic nitrogens is 5. The van der Waals surface area contributed by atoms with Gasteiger partial charge in [0.1, 0.15) is 41.4 Å². The highest BCUT2D eigenvalue weighted by Gasteiger charge is 2.53. The number of aliphatic hydroxyl groups is 5. The minimum Gasteiger partial charge on any atom is -0.459 e. The number of cyclic esters (lactones) is 1. The van der Waals surface area contributed by atoms with Crippen LogP contribution in [0.1, 0.15) is 112 Å². The fourth-order valence-electron chi connectivity index (χ4n) is 11.0. The molecule has 2 aromatic heterocycles. The lowest BCUT2D eigenvalue weighted by molar-refractivity contribution is -0.318. The molecule has 0 bridgehead atoms. The maximum absolute atomic E-state index is 14.5. The largest absolute Gasteiger partial charge is 0.459 e. The summed E-state index contributed by atoms with van der Waals surface area (Å²) in [7, 11) is 5.28. The lowest BCUT2D eigenvalue weighted by Crippen LogP contribution is -2.61. The van der Waals surface area contributed by atoms with Gasteiger partial charge < -0.3 is 63.8 Å². The van der Waals surface area contributed by atoms with Crippen molar-refractivity contribution in [3.63, 3.8) is 0 Å². The van der Waals surface area contributed by atoms with E-state index in [0.29, 0.717) is 51.1 Å². The number of azo groups is 1. The van der Waals surface area contributed by atoms with E-state index in [9.17, 15) is 30.3 Å². The Labute approximate surface area is 419 Å². The van der Waals surface area contributed by atoms with Crippen LogP contribution in [0.4, 0.5) is 0 Å². The van der Waals surface area contributed by atoms with E-state index in [0.717, 1.165) is 17.1 Å². The van der Waals surface area contributed by atoms with E-state index in [1.54, 1.807) is 46.2 Å². The number of rotatable bonds is 14. The summed E-state index contributed by atoms with van der Waals surface area (Å²) >= 11 is 0. The average Bonchev–Trinajstić information content (AvgIpc) is 4.04. The van der Waals surface area contributed by atoms with Gasteiger partial charge in [-0.25, -0.2) is 0 Å². The molecule has 6 heterocycles. The number of esters is 1. The summed E-state index contributed by atoms with van der Waals surface area (Å²) in [6.45, 7) is 19.6. The molecule has 21 heteroatoms. The normalized spacial score (nSPS) is 40.3. The number of aliphatic hydroxyl groups excluding tert-OH is 3. The third-order valence-corrected chi connectivity index (χ3v) is 15.5. The zero-order chi connectivity index (χ0) is 52.2. The molecule has 2 aromatic rings. The average molecular weight is 1000 g/mol. The zero-order valence-corrected chi connectivity index (χ0v) is 44.2. The Bertz CT molecular complexity index is 2090. The van der Waals surface area contributed by atoms with Crippen molar-refractivity contribution < 1.29 is 58.7 Å². The van der Waals surface area contributed by atoms with Crippen LogP contribution < -0.4 is 0 Å². The van der Waals surface area contributed by atoms with Crippen LogP contribution >= 0.6 is 0 Å². The Morgan fingerprint density at radius 1 is 0.930 bits per heavy atom. The van der Waals surface area contributed by atoms with Gasteiger partial charge in [-0.2, -0.15) is 15.3 Å². The van der Waals surface area contributed by atoms with Gasteiger partial charge in [0.15, 0.2) is 12.6 Å². The first-order valence-corrected chi connectivity index (χ1v) is 25.5. The zero-order valence-electron chi connectivity index (χ0n) is 44.2. The minimum absolute atomic E-state index is 0.102. The molecule has 400 valence electrons. The van der Waals surface area contributed by atoms with Gasteiger partial charge in [-0.3, -0.25) is 9.48 Å². The van der Waals surface area contributed by atoms with Gasteiger partial charge in [-0.1, -0.05) is 26.0 Å². The van der Waals surface area contributed by atoms with E-state index in [-0.39, 0.29) is 31.3 Å². The predicted molar refractivity (Wildman–Crippen MR) is 260 cm³/mol. The van der Waals surface area contributed by atoms with Crippen LogP contribution in [0, 0.1) is 17.8 Å². The van der Waals surface area contributed by atoms with Crippen molar-refractivity contribution in [1.29, 1.82) is 0 Å². The monoisotopic (exact) mass is 1000 g/mol. The number of carbonyl (C=O) groups is 1. The summed E-state index contributed by atoms with van der Waals surface area (Å²) in [4.78, 5) is 18.5. The molecule has 0 saturated carbocycles. The summed E-state index contributed by atoms with van der Waals surface area (Å²) in [6, 6.07) is 2.83. The van der Waals surface area contributed by atoms with Crippen molar-refractivity contribution in [1.82, 2.24) is 35.0 Å². The van der Waals surface area contributed by atoms with Gasteiger partial charge in [-0.05, 0) is 106 Å². The fourth-order valence-corrected chi connectivity index (χ4v) is 11.0. The van der Waals surface area contributed by atoms with Gasteiger partial charge in [-0.15, -0.1) is 10.2 Å². The first-order chi connectivity index (χ1) is 33.4. The third kappa shape index (κ3) is 13.5. The van der Waals surface area contributed by atoms with Crippen LogP contribution in [-0.2, 0) is 52.6 Å². The van der Waals surface area contributed by atoms with Crippen molar-refractivity contribution in [3.05, 3.63) is 41.5 Å². The number of hydrogen-bond donors (Lipinski definition) is 5. The molecule has 4 aliphatic heterocycles. The van der Waals surface area contributed by atoms with E-state index < -0.39 is 102 Å². The smallest absolute Gasteiger partial charge is 0.311 e. The van der Waals surface area contributed by atoms with Gasteiger partial charge in [0.2, 0.25) is 0 Å². The van der Waals surface area contributed by atoms with Gasteiger partial charge in [0.05, 0.1) is 59.5 Å². The molecule has 4 aliphatic rings. The molecule has 0 unspecified atom stereocenters. The second-order valence-electron chi connectivity index (χ2n) is 21.6. The maximum atomic E-state index is 14.5. The van der Waals surface area contributed by atoms with E-state index >= 15 is 0 Å². The molecular weight excluding hydrogens is 919 g/mol. The van der Waals surface area contributed by atoms with E-state index in [1.807, 2.05) is 64.2 Å². The lowest BCUT2D eigenvalue weighted by Gasteiger charge is -2.49. The van der Waals surface area contributed by atoms with Crippen LogP contribution in [0.2, 0.25) is 0 Å². The van der Waals surface area contributed by atoms with Gasteiger partial charge in [0.25, 0.3) is 0 Å². The molecule has 3 fully saturated rings. The van der Waals surface area contributed by atoms with Crippen molar-refractivity contribution in [2.24, 2.45) is 28.0 Å². The summed E-state index contributed by atoms with van der Waals surface area (Å²) in [5.74, 6) is -2.77. The van der Waals surface area contributed by atoms with Crippen molar-refractivity contribution in [2.45, 2.75) is 205 Å². The second kappa shape index (κ2) is 23.8. The summed E-state index contributed by atoms with van der Waals surface area (Å²) < 4.78 is 40.1. The van der Waals surface area contributed by atoms with E-state index in [1.165, 1.54) is 14.0 Å². The van der Waals surface area contributed by atoms with Crippen molar-refractivity contribution >= 4 is 11.7 Å². The van der Waals surface area contributed by atoms with Crippen LogP contribution in [0.25, 0.3) is 5.70 Å². The highest BCUT2D eigenvalue weighted by atomic mass is 16.7. The standard InChI is InChI=1S/C50H83N9O12/c1-14-39-50(10,65)43(61)32(6)58(12)26-28(2)24-48(8,64)45(30(4)42(31(5)46(63)69-39)70-40-25-49(9,66-13)44(62)33(7)68-40)71-47-41(60)38(23-29(3)67-47)57(11)21-18-35-27-59(56-53-35)22-19-34-15-16-36(55-52-34)37-17-20-51-54-37/h15-17,27-33,38-45,47,60-62,64-65H,14,18-26H2,1-13H3/t28-,29-,30+,31-,32-,33+,38+,39-,40+,41-,42+,43-,44+,45-,47+,48-,49-,50-/m1/s1. The highest BCUT2D eigenvalue weighted by molar-refractivity contribution is 5.73. The molecule has 6 rings (SSSR count). The van der Waals surface area contributed by atoms with E-state index in [4.69, 9.17) is 28.4 Å². The fraction of sp³-hybridized carbons (Fsp3) is 0.820. The molecule has 0 aromatic carbocycles. The molecule has 0 spiro atoms. The Balaban J connectivity index is 1.23. The number of hydrogen-bond acceptors (Lipinski definition) is 20. The van der Waals surface area contributed by atoms with Gasteiger partial charge in [0, 0.05) is 70.2 Å². The molecule has 0 radical (unpaired) electrons. The second-order valence-corrected chi connectivity index (χ2v) is 21.6. The Hall–Kier alpha value is -3.45. The Morgan fingerprint density at radius 2 is 1.66 bits per heavy atom. The van der Waals surface area contributed by atoms with Crippen LogP contribution in [0.3, 0.4) is 0 Å². The predicted octanol–water partition coefficient (Wildman–Crippen LogP) is 2.94.